The van der Waals surface area contributed by atoms with Crippen LogP contribution in [0.5, 0.6) is 0 Å². The molecule has 0 heterocycles. The van der Waals surface area contributed by atoms with E-state index in [1.54, 1.807) is 0 Å². The molecule has 0 amide bonds. The van der Waals surface area contributed by atoms with Gasteiger partial charge in [0.25, 0.3) is 0 Å². The molecule has 16 heavy (non-hydrogen) atoms. The highest BCUT2D eigenvalue weighted by Crippen LogP contribution is 2.26. The minimum atomic E-state index is 0.817. The van der Waals surface area contributed by atoms with Crippen LogP contribution in [0.25, 0.3) is 0 Å². The summed E-state index contributed by atoms with van der Waals surface area (Å²) in [5, 5.41) is 0. The summed E-state index contributed by atoms with van der Waals surface area (Å²) in [5.41, 5.74) is 1.41. The van der Waals surface area contributed by atoms with Crippen molar-refractivity contribution >= 4 is 15.9 Å². The van der Waals surface area contributed by atoms with Crippen molar-refractivity contribution in [3.8, 4) is 0 Å². The van der Waals surface area contributed by atoms with Gasteiger partial charge >= 0.3 is 0 Å². The zero-order valence-corrected chi connectivity index (χ0v) is 11.5. The van der Waals surface area contributed by atoms with E-state index in [1.807, 2.05) is 0 Å². The van der Waals surface area contributed by atoms with Crippen molar-refractivity contribution in [3.63, 3.8) is 0 Å². The second-order valence-electron chi connectivity index (χ2n) is 4.59. The van der Waals surface area contributed by atoms with Crippen molar-refractivity contribution < 1.29 is 0 Å². The molecule has 0 spiro atoms. The van der Waals surface area contributed by atoms with E-state index < -0.39 is 0 Å². The van der Waals surface area contributed by atoms with Crippen LogP contribution in [0.2, 0.25) is 0 Å². The van der Waals surface area contributed by atoms with E-state index >= 15 is 0 Å². The SMILES string of the molecule is CCN(Cc1ccccc1Br)C1CCCC1. The Morgan fingerprint density at radius 1 is 1.25 bits per heavy atom. The first-order valence-electron chi connectivity index (χ1n) is 6.28. The van der Waals surface area contributed by atoms with Crippen LogP contribution in [-0.4, -0.2) is 17.5 Å². The molecule has 88 valence electrons. The van der Waals surface area contributed by atoms with E-state index in [1.165, 1.54) is 35.7 Å². The maximum absolute atomic E-state index is 3.64. The summed E-state index contributed by atoms with van der Waals surface area (Å²) in [6.45, 7) is 4.52. The number of rotatable bonds is 4. The normalized spacial score (nSPS) is 17.2. The minimum absolute atomic E-state index is 0.817. The van der Waals surface area contributed by atoms with Gasteiger partial charge in [0.05, 0.1) is 0 Å². The third kappa shape index (κ3) is 2.86. The lowest BCUT2D eigenvalue weighted by atomic mass is 10.1. The second kappa shape index (κ2) is 5.83. The Labute approximate surface area is 107 Å². The Balaban J connectivity index is 2.03. The molecule has 0 saturated heterocycles. The monoisotopic (exact) mass is 281 g/mol. The fourth-order valence-electron chi connectivity index (χ4n) is 2.61. The molecule has 1 nitrogen and oxygen atoms in total. The number of hydrogen-bond acceptors (Lipinski definition) is 1. The van der Waals surface area contributed by atoms with Crippen LogP contribution in [0.3, 0.4) is 0 Å². The van der Waals surface area contributed by atoms with Crippen LogP contribution < -0.4 is 0 Å². The summed E-state index contributed by atoms with van der Waals surface area (Å²) in [7, 11) is 0. The van der Waals surface area contributed by atoms with Crippen molar-refractivity contribution in [2.24, 2.45) is 0 Å². The van der Waals surface area contributed by atoms with Crippen LogP contribution in [0.4, 0.5) is 0 Å². The van der Waals surface area contributed by atoms with Gasteiger partial charge in [-0.2, -0.15) is 0 Å². The maximum Gasteiger partial charge on any atom is 0.0247 e. The second-order valence-corrected chi connectivity index (χ2v) is 5.45. The van der Waals surface area contributed by atoms with Gasteiger partial charge in [-0.1, -0.05) is 53.9 Å². The summed E-state index contributed by atoms with van der Waals surface area (Å²) in [4.78, 5) is 2.62. The molecule has 1 aliphatic carbocycles. The van der Waals surface area contributed by atoms with Gasteiger partial charge in [0.1, 0.15) is 0 Å². The van der Waals surface area contributed by atoms with Crippen molar-refractivity contribution in [3.05, 3.63) is 34.3 Å². The summed E-state index contributed by atoms with van der Waals surface area (Å²) >= 11 is 3.64. The third-order valence-electron chi connectivity index (χ3n) is 3.58. The lowest BCUT2D eigenvalue weighted by Gasteiger charge is -2.27. The lowest BCUT2D eigenvalue weighted by molar-refractivity contribution is 0.200. The Hall–Kier alpha value is -0.340. The number of benzene rings is 1. The van der Waals surface area contributed by atoms with Crippen molar-refractivity contribution in [2.45, 2.75) is 45.2 Å². The Bertz CT molecular complexity index is 331. The molecule has 2 rings (SSSR count). The predicted molar refractivity (Wildman–Crippen MR) is 72.5 cm³/mol. The van der Waals surface area contributed by atoms with E-state index in [9.17, 15) is 0 Å². The highest BCUT2D eigenvalue weighted by atomic mass is 79.9. The number of nitrogens with zero attached hydrogens (tertiary/aromatic N) is 1. The molecule has 0 bridgehead atoms. The van der Waals surface area contributed by atoms with E-state index in [0.717, 1.165) is 19.1 Å². The first-order chi connectivity index (χ1) is 7.81. The predicted octanol–water partition coefficient (Wildman–Crippen LogP) is 4.21. The third-order valence-corrected chi connectivity index (χ3v) is 4.35. The van der Waals surface area contributed by atoms with Crippen molar-refractivity contribution in [1.82, 2.24) is 4.90 Å². The fraction of sp³-hybridized carbons (Fsp3) is 0.571. The quantitative estimate of drug-likeness (QED) is 0.799. The first kappa shape index (κ1) is 12.1. The van der Waals surface area contributed by atoms with Gasteiger partial charge in [-0.05, 0) is 31.0 Å². The highest BCUT2D eigenvalue weighted by molar-refractivity contribution is 9.10. The molecule has 0 N–H and O–H groups in total. The van der Waals surface area contributed by atoms with Crippen LogP contribution in [0.1, 0.15) is 38.2 Å². The molecular formula is C14H20BrN. The summed E-state index contributed by atoms with van der Waals surface area (Å²) in [6.07, 6.45) is 5.60. The molecule has 2 heteroatoms. The maximum atomic E-state index is 3.64. The van der Waals surface area contributed by atoms with E-state index in [0.29, 0.717) is 0 Å². The van der Waals surface area contributed by atoms with Gasteiger partial charge in [-0.15, -0.1) is 0 Å². The zero-order valence-electron chi connectivity index (χ0n) is 9.95. The van der Waals surface area contributed by atoms with Gasteiger partial charge in [0, 0.05) is 17.1 Å². The fourth-order valence-corrected chi connectivity index (χ4v) is 3.02. The molecule has 0 radical (unpaired) electrons. The Morgan fingerprint density at radius 2 is 1.94 bits per heavy atom. The molecule has 1 fully saturated rings. The van der Waals surface area contributed by atoms with Gasteiger partial charge in [-0.25, -0.2) is 0 Å². The van der Waals surface area contributed by atoms with Crippen molar-refractivity contribution in [2.75, 3.05) is 6.54 Å². The topological polar surface area (TPSA) is 3.24 Å². The first-order valence-corrected chi connectivity index (χ1v) is 7.08. The zero-order chi connectivity index (χ0) is 11.4. The average Bonchev–Trinajstić information content (AvgIpc) is 2.81. The molecular weight excluding hydrogens is 262 g/mol. The molecule has 0 unspecified atom stereocenters. The van der Waals surface area contributed by atoms with Gasteiger partial charge in [0.2, 0.25) is 0 Å². The molecule has 0 aliphatic heterocycles. The summed E-state index contributed by atoms with van der Waals surface area (Å²) in [6, 6.07) is 9.39. The summed E-state index contributed by atoms with van der Waals surface area (Å²) in [5.74, 6) is 0. The standard InChI is InChI=1S/C14H20BrN/c1-2-16(13-8-4-5-9-13)11-12-7-3-6-10-14(12)15/h3,6-7,10,13H,2,4-5,8-9,11H2,1H3. The number of halogens is 1. The van der Waals surface area contributed by atoms with Crippen LogP contribution in [0, 0.1) is 0 Å². The largest absolute Gasteiger partial charge is 0.296 e. The smallest absolute Gasteiger partial charge is 0.0247 e. The highest BCUT2D eigenvalue weighted by Gasteiger charge is 2.21. The van der Waals surface area contributed by atoms with Crippen molar-refractivity contribution in [1.29, 1.82) is 0 Å². The molecule has 1 aromatic carbocycles. The van der Waals surface area contributed by atoms with Gasteiger partial charge in [-0.3, -0.25) is 4.90 Å². The number of hydrogen-bond donors (Lipinski definition) is 0. The van der Waals surface area contributed by atoms with E-state index in [-0.39, 0.29) is 0 Å². The minimum Gasteiger partial charge on any atom is -0.296 e. The van der Waals surface area contributed by atoms with Gasteiger partial charge in [0.15, 0.2) is 0 Å². The average molecular weight is 282 g/mol. The van der Waals surface area contributed by atoms with E-state index in [2.05, 4.69) is 52.0 Å². The summed E-state index contributed by atoms with van der Waals surface area (Å²) < 4.78 is 1.24. The van der Waals surface area contributed by atoms with Gasteiger partial charge < -0.3 is 0 Å². The van der Waals surface area contributed by atoms with Crippen LogP contribution >= 0.6 is 15.9 Å². The Kier molecular flexibility index (Phi) is 4.42. The molecule has 1 saturated carbocycles. The Morgan fingerprint density at radius 3 is 2.56 bits per heavy atom. The molecule has 0 aromatic heterocycles. The van der Waals surface area contributed by atoms with E-state index in [4.69, 9.17) is 0 Å². The molecule has 1 aromatic rings. The molecule has 1 aliphatic rings. The molecule has 0 atom stereocenters. The van der Waals surface area contributed by atoms with Crippen LogP contribution in [0.15, 0.2) is 28.7 Å². The lowest BCUT2D eigenvalue weighted by Crippen LogP contribution is -2.32. The van der Waals surface area contributed by atoms with Crippen LogP contribution in [-0.2, 0) is 6.54 Å².